The van der Waals surface area contributed by atoms with Crippen LogP contribution in [0, 0.1) is 17.3 Å². The fourth-order valence-corrected chi connectivity index (χ4v) is 2.06. The zero-order valence-electron chi connectivity index (χ0n) is 14.2. The lowest BCUT2D eigenvalue weighted by Gasteiger charge is -2.23. The molecule has 0 amide bonds. The Labute approximate surface area is 154 Å². The third-order valence-electron chi connectivity index (χ3n) is 3.37. The lowest BCUT2D eigenvalue weighted by Crippen LogP contribution is -2.27. The molecule has 0 aromatic carbocycles. The third kappa shape index (κ3) is 6.24. The molecule has 0 bridgehead atoms. The number of anilines is 1. The summed E-state index contributed by atoms with van der Waals surface area (Å²) in [6.45, 7) is 3.09. The van der Waals surface area contributed by atoms with Crippen LogP contribution in [-0.4, -0.2) is 39.2 Å². The van der Waals surface area contributed by atoms with E-state index in [-0.39, 0.29) is 17.2 Å². The molecule has 26 heavy (non-hydrogen) atoms. The van der Waals surface area contributed by atoms with Crippen LogP contribution in [-0.2, 0) is 6.54 Å². The normalized spacial score (nSPS) is 11.8. The molecule has 140 valence electrons. The van der Waals surface area contributed by atoms with Crippen LogP contribution in [0.2, 0.25) is 5.15 Å². The molecule has 0 aliphatic heterocycles. The highest BCUT2D eigenvalue weighted by molar-refractivity contribution is 6.29. The number of alkyl halides is 3. The molecule has 0 aliphatic carbocycles. The van der Waals surface area contributed by atoms with Gasteiger partial charge < -0.3 is 10.4 Å². The van der Waals surface area contributed by atoms with E-state index in [9.17, 15) is 18.3 Å². The topological polar surface area (TPSA) is 63.0 Å². The second kappa shape index (κ2) is 7.98. The maximum absolute atomic E-state index is 12.4. The average Bonchev–Trinajstić information content (AvgIpc) is 2.97. The van der Waals surface area contributed by atoms with Crippen molar-refractivity contribution in [3.8, 4) is 11.8 Å². The van der Waals surface area contributed by atoms with Crippen LogP contribution < -0.4 is 5.32 Å². The van der Waals surface area contributed by atoms with E-state index in [4.69, 9.17) is 11.6 Å². The minimum Gasteiger partial charge on any atom is -0.396 e. The molecule has 0 aliphatic rings. The van der Waals surface area contributed by atoms with Crippen molar-refractivity contribution in [3.63, 3.8) is 0 Å². The molecule has 0 radical (unpaired) electrons. The van der Waals surface area contributed by atoms with Gasteiger partial charge in [-0.15, -0.1) is 0 Å². The van der Waals surface area contributed by atoms with Crippen LogP contribution in [0.5, 0.6) is 0 Å². The summed E-state index contributed by atoms with van der Waals surface area (Å²) in [5, 5.41) is 16.4. The molecule has 2 aromatic rings. The molecule has 0 fully saturated rings. The van der Waals surface area contributed by atoms with Crippen LogP contribution in [0.3, 0.4) is 0 Å². The van der Waals surface area contributed by atoms with Crippen molar-refractivity contribution >= 4 is 17.3 Å². The molecule has 0 atom stereocenters. The van der Waals surface area contributed by atoms with Gasteiger partial charge in [-0.2, -0.15) is 18.3 Å². The maximum atomic E-state index is 12.4. The zero-order valence-corrected chi connectivity index (χ0v) is 15.0. The predicted octanol–water partition coefficient (Wildman–Crippen LogP) is 3.32. The summed E-state index contributed by atoms with van der Waals surface area (Å²) in [5.41, 5.74) is 1.17. The Morgan fingerprint density at radius 2 is 2.00 bits per heavy atom. The van der Waals surface area contributed by atoms with Gasteiger partial charge in [0, 0.05) is 31.0 Å². The number of hydrogen-bond acceptors (Lipinski definition) is 4. The highest BCUT2D eigenvalue weighted by Crippen LogP contribution is 2.21. The van der Waals surface area contributed by atoms with Gasteiger partial charge in [0.2, 0.25) is 0 Å². The van der Waals surface area contributed by atoms with Crippen molar-refractivity contribution in [1.29, 1.82) is 0 Å². The van der Waals surface area contributed by atoms with E-state index in [1.807, 2.05) is 13.8 Å². The lowest BCUT2D eigenvalue weighted by atomic mass is 9.95. The van der Waals surface area contributed by atoms with Gasteiger partial charge in [-0.25, -0.2) is 4.98 Å². The quantitative estimate of drug-likeness (QED) is 0.611. The SMILES string of the molecule is CC(C)(CO)CNc1cc(Cl)ncc1C#Cc1cnn(CC(F)(F)F)c1. The van der Waals surface area contributed by atoms with E-state index in [2.05, 4.69) is 27.2 Å². The second-order valence-electron chi connectivity index (χ2n) is 6.52. The number of halogens is 4. The first-order chi connectivity index (χ1) is 12.1. The Hall–Kier alpha value is -2.24. The number of aliphatic hydroxyl groups excluding tert-OH is 1. The van der Waals surface area contributed by atoms with Gasteiger partial charge in [-0.05, 0) is 6.07 Å². The number of aliphatic hydroxyl groups is 1. The number of pyridine rings is 1. The molecular formula is C17H18ClF3N4O. The van der Waals surface area contributed by atoms with Crippen LogP contribution in [0.15, 0.2) is 24.7 Å². The molecule has 5 nitrogen and oxygen atoms in total. The molecule has 2 heterocycles. The van der Waals surface area contributed by atoms with E-state index in [1.165, 1.54) is 18.6 Å². The van der Waals surface area contributed by atoms with Crippen LogP contribution >= 0.6 is 11.6 Å². The zero-order chi connectivity index (χ0) is 19.4. The number of rotatable bonds is 5. The van der Waals surface area contributed by atoms with Crippen LogP contribution in [0.1, 0.15) is 25.0 Å². The monoisotopic (exact) mass is 386 g/mol. The molecular weight excluding hydrogens is 369 g/mol. The lowest BCUT2D eigenvalue weighted by molar-refractivity contribution is -0.142. The Morgan fingerprint density at radius 3 is 2.65 bits per heavy atom. The predicted molar refractivity (Wildman–Crippen MR) is 92.9 cm³/mol. The third-order valence-corrected chi connectivity index (χ3v) is 3.58. The Bertz CT molecular complexity index is 821. The maximum Gasteiger partial charge on any atom is 0.408 e. The molecule has 0 spiro atoms. The van der Waals surface area contributed by atoms with Crippen molar-refractivity contribution in [2.45, 2.75) is 26.6 Å². The van der Waals surface area contributed by atoms with Gasteiger partial charge in [-0.1, -0.05) is 37.3 Å². The standard InChI is InChI=1S/C17H18ClF3N4O/c1-16(2,11-26)9-23-14-5-15(18)22-7-13(14)4-3-12-6-24-25(8-12)10-17(19,20)21/h5-8,26H,9-11H2,1-2H3,(H,22,23). The Kier molecular flexibility index (Phi) is 6.16. The van der Waals surface area contributed by atoms with E-state index >= 15 is 0 Å². The van der Waals surface area contributed by atoms with Crippen molar-refractivity contribution < 1.29 is 18.3 Å². The summed E-state index contributed by atoms with van der Waals surface area (Å²) in [6, 6.07) is 1.60. The van der Waals surface area contributed by atoms with Gasteiger partial charge in [0.25, 0.3) is 0 Å². The van der Waals surface area contributed by atoms with Crippen molar-refractivity contribution in [2.24, 2.45) is 5.41 Å². The van der Waals surface area contributed by atoms with E-state index in [0.29, 0.717) is 23.4 Å². The summed E-state index contributed by atoms with van der Waals surface area (Å²) < 4.78 is 37.9. The highest BCUT2D eigenvalue weighted by Gasteiger charge is 2.28. The van der Waals surface area contributed by atoms with E-state index in [0.717, 1.165) is 4.68 Å². The van der Waals surface area contributed by atoms with Crippen molar-refractivity contribution in [2.75, 3.05) is 18.5 Å². The van der Waals surface area contributed by atoms with Gasteiger partial charge in [0.15, 0.2) is 0 Å². The van der Waals surface area contributed by atoms with E-state index < -0.39 is 12.7 Å². The van der Waals surface area contributed by atoms with Crippen LogP contribution in [0.25, 0.3) is 0 Å². The molecule has 0 unspecified atom stereocenters. The summed E-state index contributed by atoms with van der Waals surface area (Å²) in [7, 11) is 0. The summed E-state index contributed by atoms with van der Waals surface area (Å²) in [5.74, 6) is 5.62. The van der Waals surface area contributed by atoms with E-state index in [1.54, 1.807) is 6.07 Å². The number of hydrogen-bond donors (Lipinski definition) is 2. The largest absolute Gasteiger partial charge is 0.408 e. The minimum atomic E-state index is -4.34. The summed E-state index contributed by atoms with van der Waals surface area (Å²) in [4.78, 5) is 3.97. The summed E-state index contributed by atoms with van der Waals surface area (Å²) >= 11 is 5.91. The molecule has 2 N–H and O–H groups in total. The molecule has 0 saturated carbocycles. The van der Waals surface area contributed by atoms with Gasteiger partial charge in [-0.3, -0.25) is 4.68 Å². The van der Waals surface area contributed by atoms with Gasteiger partial charge in [0.1, 0.15) is 11.7 Å². The fraction of sp³-hybridized carbons (Fsp3) is 0.412. The number of nitrogens with zero attached hydrogens (tertiary/aromatic N) is 3. The van der Waals surface area contributed by atoms with Crippen LogP contribution in [0.4, 0.5) is 18.9 Å². The fourth-order valence-electron chi connectivity index (χ4n) is 1.90. The van der Waals surface area contributed by atoms with Crippen molar-refractivity contribution in [1.82, 2.24) is 14.8 Å². The molecule has 9 heteroatoms. The number of nitrogens with one attached hydrogen (secondary N) is 1. The summed E-state index contributed by atoms with van der Waals surface area (Å²) in [6.07, 6.45) is -0.368. The Morgan fingerprint density at radius 1 is 1.27 bits per heavy atom. The first kappa shape index (κ1) is 20.1. The smallest absolute Gasteiger partial charge is 0.396 e. The minimum absolute atomic E-state index is 0.00177. The first-order valence-corrected chi connectivity index (χ1v) is 8.07. The Balaban J connectivity index is 2.19. The molecule has 2 aromatic heterocycles. The molecule has 0 saturated heterocycles. The van der Waals surface area contributed by atoms with Gasteiger partial charge >= 0.3 is 6.18 Å². The first-order valence-electron chi connectivity index (χ1n) is 7.69. The second-order valence-corrected chi connectivity index (χ2v) is 6.91. The highest BCUT2D eigenvalue weighted by atomic mass is 35.5. The molecule has 2 rings (SSSR count). The van der Waals surface area contributed by atoms with Gasteiger partial charge in [0.05, 0.1) is 23.0 Å². The number of aromatic nitrogens is 3. The average molecular weight is 387 g/mol. The van der Waals surface area contributed by atoms with Crippen molar-refractivity contribution in [3.05, 3.63) is 40.9 Å².